The minimum Gasteiger partial charge on any atom is -0.480 e. The van der Waals surface area contributed by atoms with Crippen LogP contribution in [0.2, 0.25) is 0 Å². The van der Waals surface area contributed by atoms with Crippen LogP contribution in [0, 0.1) is 11.6 Å². The van der Waals surface area contributed by atoms with E-state index in [2.05, 4.69) is 0 Å². The summed E-state index contributed by atoms with van der Waals surface area (Å²) >= 11 is 0. The molecule has 0 saturated heterocycles. The van der Waals surface area contributed by atoms with E-state index in [1.807, 2.05) is 0 Å². The third-order valence-corrected chi connectivity index (χ3v) is 3.17. The smallest absolute Gasteiger partial charge is 0.329 e. The summed E-state index contributed by atoms with van der Waals surface area (Å²) in [6.45, 7) is 4.63. The van der Waals surface area contributed by atoms with Crippen LogP contribution in [0.25, 0.3) is 0 Å². The second-order valence-corrected chi connectivity index (χ2v) is 4.91. The Labute approximate surface area is 116 Å². The molecule has 20 heavy (non-hydrogen) atoms. The lowest BCUT2D eigenvalue weighted by Crippen LogP contribution is -2.53. The molecule has 0 aliphatic heterocycles. The molecule has 0 atom stereocenters. The van der Waals surface area contributed by atoms with Crippen LogP contribution in [0.3, 0.4) is 0 Å². The number of benzene rings is 1. The first kappa shape index (κ1) is 16.1. The first-order valence-electron chi connectivity index (χ1n) is 6.18. The second-order valence-electron chi connectivity index (χ2n) is 4.91. The number of aliphatic carboxylic acids is 1. The third-order valence-electron chi connectivity index (χ3n) is 3.17. The Morgan fingerprint density at radius 1 is 1.30 bits per heavy atom. The van der Waals surface area contributed by atoms with E-state index in [1.165, 1.54) is 19.9 Å². The number of carbonyl (C=O) groups is 2. The summed E-state index contributed by atoms with van der Waals surface area (Å²) in [5, 5.41) is 9.13. The van der Waals surface area contributed by atoms with Crippen molar-refractivity contribution in [2.45, 2.75) is 32.7 Å². The third kappa shape index (κ3) is 3.31. The molecule has 0 heterocycles. The summed E-state index contributed by atoms with van der Waals surface area (Å²) in [5.74, 6) is -3.21. The van der Waals surface area contributed by atoms with Crippen molar-refractivity contribution < 1.29 is 23.5 Å². The average Bonchev–Trinajstić information content (AvgIpc) is 2.33. The Morgan fingerprint density at radius 2 is 1.90 bits per heavy atom. The molecule has 1 aromatic rings. The fourth-order valence-electron chi connectivity index (χ4n) is 1.92. The number of hydrogen-bond acceptors (Lipinski definition) is 2. The van der Waals surface area contributed by atoms with Gasteiger partial charge in [-0.3, -0.25) is 4.79 Å². The molecule has 0 radical (unpaired) electrons. The lowest BCUT2D eigenvalue weighted by atomic mass is 10.0. The van der Waals surface area contributed by atoms with Gasteiger partial charge in [0.15, 0.2) is 0 Å². The van der Waals surface area contributed by atoms with Gasteiger partial charge in [0.25, 0.3) is 0 Å². The van der Waals surface area contributed by atoms with Crippen molar-refractivity contribution in [2.75, 3.05) is 6.54 Å². The van der Waals surface area contributed by atoms with Crippen LogP contribution in [-0.4, -0.2) is 34.0 Å². The topological polar surface area (TPSA) is 57.6 Å². The fraction of sp³-hybridized carbons (Fsp3) is 0.429. The Morgan fingerprint density at radius 3 is 2.35 bits per heavy atom. The molecule has 0 spiro atoms. The highest BCUT2D eigenvalue weighted by Gasteiger charge is 2.36. The molecule has 110 valence electrons. The zero-order valence-corrected chi connectivity index (χ0v) is 11.6. The molecule has 1 amide bonds. The monoisotopic (exact) mass is 285 g/mol. The molecule has 0 bridgehead atoms. The second kappa shape index (κ2) is 5.98. The maximum absolute atomic E-state index is 13.5. The van der Waals surface area contributed by atoms with Crippen LogP contribution in [0.4, 0.5) is 8.78 Å². The summed E-state index contributed by atoms with van der Waals surface area (Å²) < 4.78 is 26.3. The number of carbonyl (C=O) groups excluding carboxylic acids is 1. The lowest BCUT2D eigenvalue weighted by molar-refractivity contribution is -0.156. The van der Waals surface area contributed by atoms with Crippen LogP contribution in [-0.2, 0) is 16.0 Å². The van der Waals surface area contributed by atoms with Crippen molar-refractivity contribution in [2.24, 2.45) is 0 Å². The number of carboxylic acid groups (broad SMARTS) is 1. The Hall–Kier alpha value is -1.98. The number of halogens is 2. The molecule has 0 unspecified atom stereocenters. The van der Waals surface area contributed by atoms with Crippen molar-refractivity contribution in [3.63, 3.8) is 0 Å². The van der Waals surface area contributed by atoms with Gasteiger partial charge >= 0.3 is 5.97 Å². The van der Waals surface area contributed by atoms with Crippen molar-refractivity contribution in [1.82, 2.24) is 4.90 Å². The number of rotatable bonds is 5. The van der Waals surface area contributed by atoms with Crippen LogP contribution in [0.15, 0.2) is 18.2 Å². The predicted molar refractivity (Wildman–Crippen MR) is 69.2 cm³/mol. The highest BCUT2D eigenvalue weighted by molar-refractivity contribution is 5.87. The fourth-order valence-corrected chi connectivity index (χ4v) is 1.92. The molecule has 0 saturated carbocycles. The normalized spacial score (nSPS) is 11.2. The quantitative estimate of drug-likeness (QED) is 0.902. The Bertz CT molecular complexity index is 529. The Kier molecular flexibility index (Phi) is 4.81. The number of carboxylic acids is 1. The zero-order chi connectivity index (χ0) is 15.5. The van der Waals surface area contributed by atoms with Gasteiger partial charge in [-0.15, -0.1) is 0 Å². The summed E-state index contributed by atoms with van der Waals surface area (Å²) in [6, 6.07) is 2.94. The van der Waals surface area contributed by atoms with Gasteiger partial charge in [-0.1, -0.05) is 6.07 Å². The zero-order valence-electron chi connectivity index (χ0n) is 11.6. The van der Waals surface area contributed by atoms with E-state index in [4.69, 9.17) is 5.11 Å². The summed E-state index contributed by atoms with van der Waals surface area (Å²) in [7, 11) is 0. The average molecular weight is 285 g/mol. The van der Waals surface area contributed by atoms with Crippen LogP contribution in [0.1, 0.15) is 26.3 Å². The first-order chi connectivity index (χ1) is 9.20. The molecule has 0 aliphatic carbocycles. The standard InChI is InChI=1S/C14H17F2NO3/c1-4-17(14(2,3)13(19)20)12(18)7-9-5-6-10(15)8-11(9)16/h5-6,8H,4,7H2,1-3H3,(H,19,20). The van der Waals surface area contributed by atoms with Gasteiger partial charge in [-0.2, -0.15) is 0 Å². The minimum atomic E-state index is -1.39. The molecule has 4 nitrogen and oxygen atoms in total. The molecule has 0 aromatic heterocycles. The van der Waals surface area contributed by atoms with E-state index in [0.717, 1.165) is 11.0 Å². The van der Waals surface area contributed by atoms with Crippen molar-refractivity contribution in [3.05, 3.63) is 35.4 Å². The number of likely N-dealkylation sites (N-methyl/N-ethyl adjacent to an activating group) is 1. The van der Waals surface area contributed by atoms with Gasteiger partial charge in [0.05, 0.1) is 6.42 Å². The van der Waals surface area contributed by atoms with Gasteiger partial charge in [0, 0.05) is 12.6 Å². The minimum absolute atomic E-state index is 0.0380. The van der Waals surface area contributed by atoms with Crippen molar-refractivity contribution in [1.29, 1.82) is 0 Å². The van der Waals surface area contributed by atoms with E-state index in [1.54, 1.807) is 6.92 Å². The molecule has 1 N–H and O–H groups in total. The van der Waals surface area contributed by atoms with Crippen LogP contribution < -0.4 is 0 Å². The number of nitrogens with zero attached hydrogens (tertiary/aromatic N) is 1. The summed E-state index contributed by atoms with van der Waals surface area (Å²) in [4.78, 5) is 24.5. The Balaban J connectivity index is 2.96. The summed E-state index contributed by atoms with van der Waals surface area (Å²) in [6.07, 6.45) is -0.309. The maximum atomic E-state index is 13.5. The largest absolute Gasteiger partial charge is 0.480 e. The van der Waals surface area contributed by atoms with E-state index in [0.29, 0.717) is 6.07 Å². The van der Waals surface area contributed by atoms with E-state index in [9.17, 15) is 18.4 Å². The summed E-state index contributed by atoms with van der Waals surface area (Å²) in [5.41, 5.74) is -1.35. The van der Waals surface area contributed by atoms with Crippen molar-refractivity contribution in [3.8, 4) is 0 Å². The predicted octanol–water partition coefficient (Wildman–Crippen LogP) is 2.22. The van der Waals surface area contributed by atoms with Gasteiger partial charge in [-0.25, -0.2) is 13.6 Å². The van der Waals surface area contributed by atoms with Crippen molar-refractivity contribution >= 4 is 11.9 Å². The van der Waals surface area contributed by atoms with Gasteiger partial charge in [0.1, 0.15) is 17.2 Å². The molecular weight excluding hydrogens is 268 g/mol. The van der Waals surface area contributed by atoms with E-state index >= 15 is 0 Å². The number of amides is 1. The molecule has 1 aromatic carbocycles. The molecule has 1 rings (SSSR count). The highest BCUT2D eigenvalue weighted by atomic mass is 19.1. The van der Waals surface area contributed by atoms with Gasteiger partial charge < -0.3 is 10.0 Å². The SMILES string of the molecule is CCN(C(=O)Cc1ccc(F)cc1F)C(C)(C)C(=O)O. The lowest BCUT2D eigenvalue weighted by Gasteiger charge is -2.34. The van der Waals surface area contributed by atoms with Gasteiger partial charge in [-0.05, 0) is 32.4 Å². The maximum Gasteiger partial charge on any atom is 0.329 e. The van der Waals surface area contributed by atoms with E-state index < -0.39 is 29.0 Å². The van der Waals surface area contributed by atoms with Gasteiger partial charge in [0.2, 0.25) is 5.91 Å². The molecule has 0 aliphatic rings. The van der Waals surface area contributed by atoms with E-state index in [-0.39, 0.29) is 18.5 Å². The van der Waals surface area contributed by atoms with Crippen LogP contribution in [0.5, 0.6) is 0 Å². The molecule has 0 fully saturated rings. The van der Waals surface area contributed by atoms with Crippen LogP contribution >= 0.6 is 0 Å². The first-order valence-corrected chi connectivity index (χ1v) is 6.18. The highest BCUT2D eigenvalue weighted by Crippen LogP contribution is 2.18. The number of hydrogen-bond donors (Lipinski definition) is 1. The molecular formula is C14H17F2NO3. The molecule has 6 heteroatoms.